The Morgan fingerprint density at radius 1 is 1.10 bits per heavy atom. The van der Waals surface area contributed by atoms with Crippen molar-refractivity contribution in [3.05, 3.63) is 88.5 Å². The van der Waals surface area contributed by atoms with Crippen molar-refractivity contribution < 1.29 is 14.3 Å². The van der Waals surface area contributed by atoms with Gasteiger partial charge < -0.3 is 15.2 Å². The summed E-state index contributed by atoms with van der Waals surface area (Å²) >= 11 is 0. The van der Waals surface area contributed by atoms with Crippen LogP contribution in [-0.2, 0) is 9.53 Å². The summed E-state index contributed by atoms with van der Waals surface area (Å²) < 4.78 is 11.3. The lowest BCUT2D eigenvalue weighted by Gasteiger charge is -2.34. The standard InChI is InChI=1S/C24H22N2O3/c1-2-28-18-10-8-16(9-11-18)22-19(14-25)24(26)29-21-13-17(12-20(27)23(21)22)15-6-4-3-5-7-15/h3-11,17,22H,2,12-13,26H2,1H3/t17-,22-/m1/s1. The van der Waals surface area contributed by atoms with Gasteiger partial charge in [0.1, 0.15) is 23.2 Å². The molecule has 0 spiro atoms. The van der Waals surface area contributed by atoms with Crippen molar-refractivity contribution in [3.63, 3.8) is 0 Å². The minimum absolute atomic E-state index is 0.000706. The van der Waals surface area contributed by atoms with Gasteiger partial charge in [-0.2, -0.15) is 5.26 Å². The van der Waals surface area contributed by atoms with Crippen LogP contribution in [0.3, 0.4) is 0 Å². The van der Waals surface area contributed by atoms with Crippen LogP contribution in [0, 0.1) is 11.3 Å². The predicted molar refractivity (Wildman–Crippen MR) is 109 cm³/mol. The van der Waals surface area contributed by atoms with E-state index >= 15 is 0 Å². The summed E-state index contributed by atoms with van der Waals surface area (Å²) in [5.74, 6) is 0.923. The number of benzene rings is 2. The Morgan fingerprint density at radius 2 is 1.83 bits per heavy atom. The lowest BCUT2D eigenvalue weighted by atomic mass is 9.73. The Labute approximate surface area is 170 Å². The minimum atomic E-state index is -0.511. The average Bonchev–Trinajstić information content (AvgIpc) is 2.74. The number of ketones is 1. The van der Waals surface area contributed by atoms with E-state index in [1.165, 1.54) is 0 Å². The number of Topliss-reactive ketones (excluding diaryl/α,β-unsaturated/α-hetero) is 1. The Morgan fingerprint density at radius 3 is 2.48 bits per heavy atom. The maximum atomic E-state index is 13.2. The quantitative estimate of drug-likeness (QED) is 0.847. The van der Waals surface area contributed by atoms with E-state index in [9.17, 15) is 10.1 Å². The van der Waals surface area contributed by atoms with Crippen molar-refractivity contribution in [2.24, 2.45) is 5.73 Å². The lowest BCUT2D eigenvalue weighted by Crippen LogP contribution is -2.29. The summed E-state index contributed by atoms with van der Waals surface area (Å²) in [6.45, 7) is 2.49. The molecule has 1 aliphatic heterocycles. The molecule has 5 heteroatoms. The number of hydrogen-bond donors (Lipinski definition) is 1. The molecule has 4 rings (SSSR count). The number of nitrogens with zero attached hydrogens (tertiary/aromatic N) is 1. The Balaban J connectivity index is 1.74. The number of rotatable bonds is 4. The molecule has 0 amide bonds. The highest BCUT2D eigenvalue weighted by Gasteiger charge is 2.40. The summed E-state index contributed by atoms with van der Waals surface area (Å²) in [6.07, 6.45) is 0.969. The van der Waals surface area contributed by atoms with Crippen LogP contribution in [0.5, 0.6) is 5.75 Å². The van der Waals surface area contributed by atoms with Crippen LogP contribution in [0.2, 0.25) is 0 Å². The molecular formula is C24H22N2O3. The normalized spacial score (nSPS) is 21.3. The molecule has 2 aliphatic rings. The molecule has 2 aromatic carbocycles. The van der Waals surface area contributed by atoms with Crippen molar-refractivity contribution in [2.45, 2.75) is 31.6 Å². The molecule has 2 aromatic rings. The van der Waals surface area contributed by atoms with Crippen LogP contribution in [0.25, 0.3) is 0 Å². The van der Waals surface area contributed by atoms with Crippen LogP contribution < -0.4 is 10.5 Å². The maximum Gasteiger partial charge on any atom is 0.205 e. The van der Waals surface area contributed by atoms with Crippen LogP contribution in [0.15, 0.2) is 77.4 Å². The molecule has 29 heavy (non-hydrogen) atoms. The van der Waals surface area contributed by atoms with Crippen LogP contribution in [0.4, 0.5) is 0 Å². The monoisotopic (exact) mass is 386 g/mol. The fraction of sp³-hybridized carbons (Fsp3) is 0.250. The third-order valence-corrected chi connectivity index (χ3v) is 5.46. The first-order valence-corrected chi connectivity index (χ1v) is 9.73. The number of carbonyl (C=O) groups is 1. The molecule has 2 N–H and O–H groups in total. The Hall–Kier alpha value is -3.52. The van der Waals surface area contributed by atoms with Gasteiger partial charge in [-0.05, 0) is 36.1 Å². The summed E-state index contributed by atoms with van der Waals surface area (Å²) in [7, 11) is 0. The van der Waals surface area contributed by atoms with Gasteiger partial charge in [0, 0.05) is 18.4 Å². The molecule has 146 valence electrons. The van der Waals surface area contributed by atoms with Crippen molar-refractivity contribution in [2.75, 3.05) is 6.61 Å². The summed E-state index contributed by atoms with van der Waals surface area (Å²) in [4.78, 5) is 13.2. The Kier molecular flexibility index (Phi) is 5.09. The fourth-order valence-corrected chi connectivity index (χ4v) is 4.13. The van der Waals surface area contributed by atoms with Gasteiger partial charge in [0.05, 0.1) is 12.5 Å². The number of hydrogen-bond acceptors (Lipinski definition) is 5. The van der Waals surface area contributed by atoms with E-state index in [0.29, 0.717) is 30.8 Å². The van der Waals surface area contributed by atoms with E-state index in [2.05, 4.69) is 6.07 Å². The second-order valence-corrected chi connectivity index (χ2v) is 7.20. The maximum absolute atomic E-state index is 13.2. The highest BCUT2D eigenvalue weighted by atomic mass is 16.5. The zero-order valence-electron chi connectivity index (χ0n) is 16.2. The molecule has 0 aromatic heterocycles. The predicted octanol–water partition coefficient (Wildman–Crippen LogP) is 4.29. The summed E-state index contributed by atoms with van der Waals surface area (Å²) in [6, 6.07) is 19.5. The van der Waals surface area contributed by atoms with Crippen LogP contribution in [0.1, 0.15) is 42.7 Å². The van der Waals surface area contributed by atoms with Gasteiger partial charge in [-0.25, -0.2) is 0 Å². The van der Waals surface area contributed by atoms with Gasteiger partial charge in [-0.1, -0.05) is 42.5 Å². The lowest BCUT2D eigenvalue weighted by molar-refractivity contribution is -0.117. The molecule has 0 unspecified atom stereocenters. The molecule has 0 saturated heterocycles. The average molecular weight is 386 g/mol. The van der Waals surface area contributed by atoms with Crippen LogP contribution >= 0.6 is 0 Å². The molecule has 5 nitrogen and oxygen atoms in total. The Bertz CT molecular complexity index is 1030. The van der Waals surface area contributed by atoms with Crippen LogP contribution in [-0.4, -0.2) is 12.4 Å². The highest BCUT2D eigenvalue weighted by molar-refractivity contribution is 6.00. The minimum Gasteiger partial charge on any atom is -0.494 e. The molecule has 0 radical (unpaired) electrons. The molecule has 0 fully saturated rings. The van der Waals surface area contributed by atoms with Crippen molar-refractivity contribution in [3.8, 4) is 11.8 Å². The largest absolute Gasteiger partial charge is 0.494 e. The van der Waals surface area contributed by atoms with E-state index in [1.54, 1.807) is 0 Å². The zero-order chi connectivity index (χ0) is 20.4. The fourth-order valence-electron chi connectivity index (χ4n) is 4.13. The second-order valence-electron chi connectivity index (χ2n) is 7.20. The van der Waals surface area contributed by atoms with Gasteiger partial charge in [0.15, 0.2) is 5.78 Å². The van der Waals surface area contributed by atoms with Gasteiger partial charge in [-0.15, -0.1) is 0 Å². The smallest absolute Gasteiger partial charge is 0.205 e. The zero-order valence-corrected chi connectivity index (χ0v) is 16.2. The van der Waals surface area contributed by atoms with Crippen molar-refractivity contribution in [1.29, 1.82) is 5.26 Å². The first kappa shape index (κ1) is 18.8. The van der Waals surface area contributed by atoms with E-state index in [-0.39, 0.29) is 23.2 Å². The van der Waals surface area contributed by atoms with E-state index in [0.717, 1.165) is 16.9 Å². The second kappa shape index (κ2) is 7.84. The first-order chi connectivity index (χ1) is 14.1. The summed E-state index contributed by atoms with van der Waals surface area (Å²) in [5.41, 5.74) is 8.85. The molecule has 2 atom stereocenters. The number of nitriles is 1. The van der Waals surface area contributed by atoms with Gasteiger partial charge in [0.25, 0.3) is 0 Å². The topological polar surface area (TPSA) is 85.3 Å². The SMILES string of the molecule is CCOc1ccc([C@@H]2C(C#N)=C(N)OC3=C2C(=O)C[C@@H](c2ccccc2)C3)cc1. The molecule has 1 heterocycles. The molecule has 1 aliphatic carbocycles. The van der Waals surface area contributed by atoms with Gasteiger partial charge in [-0.3, -0.25) is 4.79 Å². The number of carbonyl (C=O) groups excluding carboxylic acids is 1. The van der Waals surface area contributed by atoms with Crippen molar-refractivity contribution >= 4 is 5.78 Å². The van der Waals surface area contributed by atoms with E-state index in [4.69, 9.17) is 15.2 Å². The third-order valence-electron chi connectivity index (χ3n) is 5.46. The molecular weight excluding hydrogens is 364 g/mol. The highest BCUT2D eigenvalue weighted by Crippen LogP contribution is 2.46. The third kappa shape index (κ3) is 3.50. The van der Waals surface area contributed by atoms with Gasteiger partial charge in [0.2, 0.25) is 5.88 Å². The van der Waals surface area contributed by atoms with E-state index < -0.39 is 5.92 Å². The van der Waals surface area contributed by atoms with E-state index in [1.807, 2.05) is 61.5 Å². The van der Waals surface area contributed by atoms with Gasteiger partial charge >= 0.3 is 0 Å². The first-order valence-electron chi connectivity index (χ1n) is 9.73. The number of allylic oxidation sites excluding steroid dienone is 3. The molecule has 0 saturated carbocycles. The number of ether oxygens (including phenoxy) is 2. The molecule has 0 bridgehead atoms. The number of nitrogens with two attached hydrogens (primary N) is 1. The van der Waals surface area contributed by atoms with Crippen molar-refractivity contribution in [1.82, 2.24) is 0 Å². The summed E-state index contributed by atoms with van der Waals surface area (Å²) in [5, 5.41) is 9.71.